The Morgan fingerprint density at radius 3 is 2.18 bits per heavy atom. The minimum absolute atomic E-state index is 0.0237. The smallest absolute Gasteiger partial charge is 0.200 e. The van der Waals surface area contributed by atoms with E-state index >= 15 is 0 Å². The van der Waals surface area contributed by atoms with Crippen LogP contribution < -0.4 is 14.8 Å². The molecule has 1 aromatic carbocycles. The fraction of sp³-hybridized carbons (Fsp3) is 0.500. The molecule has 0 heterocycles. The third kappa shape index (κ3) is 3.80. The Hall–Kier alpha value is -1.46. The summed E-state index contributed by atoms with van der Waals surface area (Å²) < 4.78 is 15.1. The van der Waals surface area contributed by atoms with Gasteiger partial charge in [0.25, 0.3) is 0 Å². The number of nitrogens with one attached hydrogen (secondary N) is 1. The fourth-order valence-corrected chi connectivity index (χ4v) is 1.46. The molecule has 17 heavy (non-hydrogen) atoms. The average molecular weight is 241 g/mol. The highest BCUT2D eigenvalue weighted by Crippen LogP contribution is 2.36. The Morgan fingerprint density at radius 2 is 1.71 bits per heavy atom. The first-order chi connectivity index (χ1) is 8.22. The summed E-state index contributed by atoms with van der Waals surface area (Å²) in [4.78, 5) is 0. The zero-order chi connectivity index (χ0) is 12.7. The lowest BCUT2D eigenvalue weighted by Gasteiger charge is -2.11. The zero-order valence-electron chi connectivity index (χ0n) is 10.4. The molecule has 0 atom stereocenters. The van der Waals surface area contributed by atoms with Crippen LogP contribution in [0.15, 0.2) is 12.1 Å². The van der Waals surface area contributed by atoms with Crippen molar-refractivity contribution in [3.63, 3.8) is 0 Å². The third-order valence-corrected chi connectivity index (χ3v) is 2.35. The number of phenols is 1. The van der Waals surface area contributed by atoms with Gasteiger partial charge in [0.1, 0.15) is 0 Å². The Labute approximate surface area is 101 Å². The van der Waals surface area contributed by atoms with E-state index in [4.69, 9.17) is 14.2 Å². The molecular weight excluding hydrogens is 222 g/mol. The van der Waals surface area contributed by atoms with Crippen molar-refractivity contribution in [3.8, 4) is 17.2 Å². The summed E-state index contributed by atoms with van der Waals surface area (Å²) in [6.07, 6.45) is 0. The first kappa shape index (κ1) is 13.6. The Morgan fingerprint density at radius 1 is 1.12 bits per heavy atom. The highest BCUT2D eigenvalue weighted by molar-refractivity contribution is 5.52. The van der Waals surface area contributed by atoms with Crippen LogP contribution in [-0.4, -0.2) is 39.6 Å². The van der Waals surface area contributed by atoms with E-state index in [0.29, 0.717) is 24.7 Å². The lowest BCUT2D eigenvalue weighted by Crippen LogP contribution is -2.18. The molecule has 0 unspecified atom stereocenters. The maximum absolute atomic E-state index is 9.73. The molecule has 0 saturated carbocycles. The molecule has 1 aromatic rings. The van der Waals surface area contributed by atoms with Crippen LogP contribution >= 0.6 is 0 Å². The van der Waals surface area contributed by atoms with E-state index in [-0.39, 0.29) is 5.75 Å². The van der Waals surface area contributed by atoms with Gasteiger partial charge >= 0.3 is 0 Å². The van der Waals surface area contributed by atoms with Gasteiger partial charge in [0.05, 0.1) is 20.8 Å². The van der Waals surface area contributed by atoms with Gasteiger partial charge in [-0.25, -0.2) is 0 Å². The van der Waals surface area contributed by atoms with Crippen molar-refractivity contribution < 1.29 is 19.3 Å². The van der Waals surface area contributed by atoms with E-state index in [1.807, 2.05) is 0 Å². The summed E-state index contributed by atoms with van der Waals surface area (Å²) in [5.41, 5.74) is 0.979. The van der Waals surface area contributed by atoms with E-state index in [1.54, 1.807) is 19.2 Å². The van der Waals surface area contributed by atoms with E-state index in [2.05, 4.69) is 5.32 Å². The predicted octanol–water partition coefficient (Wildman–Crippen LogP) is 1.15. The molecule has 0 amide bonds. The molecule has 0 bridgehead atoms. The second-order valence-corrected chi connectivity index (χ2v) is 3.52. The molecule has 0 aliphatic rings. The fourth-order valence-electron chi connectivity index (χ4n) is 1.46. The van der Waals surface area contributed by atoms with Crippen molar-refractivity contribution >= 4 is 0 Å². The molecule has 0 aromatic heterocycles. The van der Waals surface area contributed by atoms with Crippen LogP contribution in [0.2, 0.25) is 0 Å². The zero-order valence-corrected chi connectivity index (χ0v) is 10.4. The summed E-state index contributed by atoms with van der Waals surface area (Å²) >= 11 is 0. The van der Waals surface area contributed by atoms with Crippen LogP contribution in [0.25, 0.3) is 0 Å². The number of phenolic OH excluding ortho intramolecular Hbond substituents is 1. The van der Waals surface area contributed by atoms with Crippen molar-refractivity contribution in [2.24, 2.45) is 0 Å². The molecule has 0 saturated heterocycles. The minimum atomic E-state index is 0.0237. The average Bonchev–Trinajstić information content (AvgIpc) is 2.36. The Bertz CT molecular complexity index is 329. The van der Waals surface area contributed by atoms with Gasteiger partial charge in [-0.3, -0.25) is 0 Å². The van der Waals surface area contributed by atoms with Gasteiger partial charge in [-0.2, -0.15) is 0 Å². The molecule has 0 aliphatic carbocycles. The van der Waals surface area contributed by atoms with Crippen molar-refractivity contribution in [1.82, 2.24) is 5.32 Å². The largest absolute Gasteiger partial charge is 0.502 e. The normalized spacial score (nSPS) is 10.3. The molecule has 2 N–H and O–H groups in total. The van der Waals surface area contributed by atoms with Gasteiger partial charge in [-0.05, 0) is 17.7 Å². The van der Waals surface area contributed by atoms with Gasteiger partial charge in [0.2, 0.25) is 5.75 Å². The maximum Gasteiger partial charge on any atom is 0.200 e. The Balaban J connectivity index is 2.71. The maximum atomic E-state index is 9.73. The van der Waals surface area contributed by atoms with Crippen LogP contribution in [-0.2, 0) is 11.3 Å². The predicted molar refractivity (Wildman–Crippen MR) is 64.8 cm³/mol. The summed E-state index contributed by atoms with van der Waals surface area (Å²) in [6, 6.07) is 3.55. The summed E-state index contributed by atoms with van der Waals surface area (Å²) in [5.74, 6) is 0.844. The van der Waals surface area contributed by atoms with Crippen molar-refractivity contribution in [2.45, 2.75) is 6.54 Å². The number of hydrogen-bond donors (Lipinski definition) is 2. The second-order valence-electron chi connectivity index (χ2n) is 3.52. The molecule has 0 fully saturated rings. The van der Waals surface area contributed by atoms with Crippen LogP contribution in [0.4, 0.5) is 0 Å². The van der Waals surface area contributed by atoms with Crippen molar-refractivity contribution in [2.75, 3.05) is 34.5 Å². The monoisotopic (exact) mass is 241 g/mol. The first-order valence-corrected chi connectivity index (χ1v) is 5.36. The highest BCUT2D eigenvalue weighted by atomic mass is 16.5. The molecule has 5 nitrogen and oxygen atoms in total. The number of methoxy groups -OCH3 is 3. The summed E-state index contributed by atoms with van der Waals surface area (Å²) in [7, 11) is 4.68. The molecule has 0 spiro atoms. The van der Waals surface area contributed by atoms with Crippen LogP contribution in [0, 0.1) is 0 Å². The third-order valence-electron chi connectivity index (χ3n) is 2.35. The van der Waals surface area contributed by atoms with Gasteiger partial charge in [0.15, 0.2) is 11.5 Å². The van der Waals surface area contributed by atoms with E-state index in [1.165, 1.54) is 14.2 Å². The molecule has 1 rings (SSSR count). The molecule has 5 heteroatoms. The SMILES string of the molecule is COCCNCc1cc(OC)c(O)c(OC)c1. The van der Waals surface area contributed by atoms with E-state index in [0.717, 1.165) is 12.1 Å². The van der Waals surface area contributed by atoms with Crippen LogP contribution in [0.1, 0.15) is 5.56 Å². The molecular formula is C12H19NO4. The summed E-state index contributed by atoms with van der Waals surface area (Å²) in [6.45, 7) is 2.09. The highest BCUT2D eigenvalue weighted by Gasteiger charge is 2.10. The van der Waals surface area contributed by atoms with Crippen molar-refractivity contribution in [3.05, 3.63) is 17.7 Å². The molecule has 0 radical (unpaired) electrons. The lowest BCUT2D eigenvalue weighted by molar-refractivity contribution is 0.199. The number of rotatable bonds is 7. The lowest BCUT2D eigenvalue weighted by atomic mass is 10.2. The number of ether oxygens (including phenoxy) is 3. The van der Waals surface area contributed by atoms with Gasteiger partial charge in [0, 0.05) is 20.2 Å². The van der Waals surface area contributed by atoms with E-state index < -0.39 is 0 Å². The standard InChI is InChI=1S/C12H19NO4/c1-15-5-4-13-8-9-6-10(16-2)12(14)11(7-9)17-3/h6-7,13-14H,4-5,8H2,1-3H3. The number of aromatic hydroxyl groups is 1. The second kappa shape index (κ2) is 6.98. The number of benzene rings is 1. The molecule has 96 valence electrons. The van der Waals surface area contributed by atoms with Gasteiger partial charge in [-0.1, -0.05) is 0 Å². The van der Waals surface area contributed by atoms with E-state index in [9.17, 15) is 5.11 Å². The van der Waals surface area contributed by atoms with Crippen molar-refractivity contribution in [1.29, 1.82) is 0 Å². The minimum Gasteiger partial charge on any atom is -0.502 e. The topological polar surface area (TPSA) is 60.0 Å². The molecule has 0 aliphatic heterocycles. The number of hydrogen-bond acceptors (Lipinski definition) is 5. The first-order valence-electron chi connectivity index (χ1n) is 5.36. The summed E-state index contributed by atoms with van der Waals surface area (Å²) in [5, 5.41) is 12.9. The van der Waals surface area contributed by atoms with Gasteiger partial charge in [-0.15, -0.1) is 0 Å². The van der Waals surface area contributed by atoms with Crippen LogP contribution in [0.5, 0.6) is 17.2 Å². The quantitative estimate of drug-likeness (QED) is 0.701. The Kier molecular flexibility index (Phi) is 5.59. The van der Waals surface area contributed by atoms with Gasteiger partial charge < -0.3 is 24.6 Å². The van der Waals surface area contributed by atoms with Crippen LogP contribution in [0.3, 0.4) is 0 Å².